The maximum absolute atomic E-state index is 10.6. The maximum atomic E-state index is 10.6. The summed E-state index contributed by atoms with van der Waals surface area (Å²) in [4.78, 5) is 3.69. The van der Waals surface area contributed by atoms with E-state index < -0.39 is 10.7 Å². The van der Waals surface area contributed by atoms with Gasteiger partial charge in [-0.15, -0.1) is 0 Å². The van der Waals surface area contributed by atoms with Gasteiger partial charge in [0.1, 0.15) is 5.52 Å². The molecule has 7 heteroatoms. The predicted octanol–water partition coefficient (Wildman–Crippen LogP) is 2.10. The Morgan fingerprint density at radius 3 is 2.64 bits per heavy atom. The van der Waals surface area contributed by atoms with Crippen molar-refractivity contribution in [2.75, 3.05) is 0 Å². The molecule has 1 aromatic heterocycles. The highest BCUT2D eigenvalue weighted by atomic mass is 35.5. The van der Waals surface area contributed by atoms with Crippen LogP contribution >= 0.6 is 23.2 Å². The van der Waals surface area contributed by atoms with Gasteiger partial charge in [-0.25, -0.2) is 8.42 Å². The molecule has 0 unspecified atom stereocenters. The molecule has 0 N–H and O–H groups in total. The van der Waals surface area contributed by atoms with Crippen molar-refractivity contribution in [1.82, 2.24) is 4.98 Å². The monoisotopic (exact) mass is 251 g/mol. The molecular weight excluding hydrogens is 249 g/mol. The average Bonchev–Trinajstić information content (AvgIpc) is 2.56. The highest BCUT2D eigenvalue weighted by Gasteiger charge is 2.12. The molecule has 14 heavy (non-hydrogen) atoms. The number of nitrogens with zero attached hydrogens (tertiary/aromatic N) is 1. The number of fused-ring (bicyclic) bond motifs is 1. The summed E-state index contributed by atoms with van der Waals surface area (Å²) in [6, 6.07) is 3.03. The molecule has 0 radical (unpaired) electrons. The van der Waals surface area contributed by atoms with Crippen molar-refractivity contribution in [3.8, 4) is 0 Å². The molecule has 1 aromatic carbocycles. The van der Waals surface area contributed by atoms with Crippen LogP contribution in [0, 0.1) is 0 Å². The number of rotatable bonds is 1. The molecule has 74 valence electrons. The lowest BCUT2D eigenvalue weighted by atomic mass is 10.3. The zero-order valence-electron chi connectivity index (χ0n) is 6.53. The van der Waals surface area contributed by atoms with Crippen LogP contribution < -0.4 is 0 Å². The van der Waals surface area contributed by atoms with Gasteiger partial charge in [0.15, 0.2) is 5.58 Å². The van der Waals surface area contributed by atoms with Crippen molar-refractivity contribution < 1.29 is 12.8 Å². The third kappa shape index (κ3) is 1.47. The highest BCUT2D eigenvalue weighted by molar-refractivity contribution is 7.72. The Morgan fingerprint density at radius 1 is 1.29 bits per heavy atom. The third-order valence-electron chi connectivity index (χ3n) is 1.60. The SMILES string of the molecule is O=[SH](=O)c1nc2c(Cl)c(Cl)ccc2o1. The second kappa shape index (κ2) is 3.42. The highest BCUT2D eigenvalue weighted by Crippen LogP contribution is 2.30. The van der Waals surface area contributed by atoms with E-state index in [9.17, 15) is 8.42 Å². The Kier molecular flexibility index (Phi) is 2.38. The van der Waals surface area contributed by atoms with Gasteiger partial charge in [-0.05, 0) is 12.1 Å². The van der Waals surface area contributed by atoms with Gasteiger partial charge < -0.3 is 4.42 Å². The largest absolute Gasteiger partial charge is 0.428 e. The molecular formula is C7H3Cl2NO3S. The number of hydrogen-bond acceptors (Lipinski definition) is 4. The van der Waals surface area contributed by atoms with E-state index in [0.717, 1.165) is 0 Å². The smallest absolute Gasteiger partial charge is 0.313 e. The van der Waals surface area contributed by atoms with Crippen molar-refractivity contribution >= 4 is 45.0 Å². The summed E-state index contributed by atoms with van der Waals surface area (Å²) in [5.41, 5.74) is 0.557. The number of oxazole rings is 1. The quantitative estimate of drug-likeness (QED) is 0.789. The van der Waals surface area contributed by atoms with Crippen LogP contribution in [0.1, 0.15) is 0 Å². The number of benzene rings is 1. The number of hydrogen-bond donors (Lipinski definition) is 1. The molecule has 0 aliphatic carbocycles. The van der Waals surface area contributed by atoms with Crippen molar-refractivity contribution in [2.45, 2.75) is 5.22 Å². The van der Waals surface area contributed by atoms with E-state index in [1.54, 1.807) is 0 Å². The Morgan fingerprint density at radius 2 is 2.00 bits per heavy atom. The third-order valence-corrected chi connectivity index (χ3v) is 2.89. The van der Waals surface area contributed by atoms with Crippen LogP contribution in [-0.4, -0.2) is 13.4 Å². The lowest BCUT2D eigenvalue weighted by Gasteiger charge is -1.92. The number of thiol groups is 1. The van der Waals surface area contributed by atoms with E-state index >= 15 is 0 Å². The van der Waals surface area contributed by atoms with E-state index in [4.69, 9.17) is 27.6 Å². The van der Waals surface area contributed by atoms with Gasteiger partial charge >= 0.3 is 5.22 Å². The number of halogens is 2. The molecule has 2 aromatic rings. The Labute approximate surface area is 90.4 Å². The zero-order valence-corrected chi connectivity index (χ0v) is 8.94. The molecule has 0 saturated carbocycles. The van der Waals surface area contributed by atoms with Gasteiger partial charge in [0.25, 0.3) is 0 Å². The fourth-order valence-corrected chi connectivity index (χ4v) is 1.71. The first-order valence-electron chi connectivity index (χ1n) is 3.48. The lowest BCUT2D eigenvalue weighted by Crippen LogP contribution is -1.77. The first kappa shape index (κ1) is 9.76. The summed E-state index contributed by atoms with van der Waals surface area (Å²) >= 11 is 11.5. The van der Waals surface area contributed by atoms with Crippen LogP contribution in [0.15, 0.2) is 21.8 Å². The van der Waals surface area contributed by atoms with E-state index in [0.29, 0.717) is 10.6 Å². The summed E-state index contributed by atoms with van der Waals surface area (Å²) in [7, 11) is -2.84. The fraction of sp³-hybridized carbons (Fsp3) is 0. The van der Waals surface area contributed by atoms with Crippen molar-refractivity contribution in [1.29, 1.82) is 0 Å². The average molecular weight is 252 g/mol. The van der Waals surface area contributed by atoms with E-state index in [1.807, 2.05) is 0 Å². The molecule has 0 saturated heterocycles. The molecule has 0 fully saturated rings. The molecule has 2 rings (SSSR count). The minimum absolute atomic E-state index is 0.191. The molecule has 0 spiro atoms. The zero-order chi connectivity index (χ0) is 10.3. The Bertz CT molecular complexity index is 568. The summed E-state index contributed by atoms with van der Waals surface area (Å²) < 4.78 is 26.1. The van der Waals surface area contributed by atoms with E-state index in [1.165, 1.54) is 12.1 Å². The Balaban J connectivity index is 2.84. The summed E-state index contributed by atoms with van der Waals surface area (Å²) in [6.07, 6.45) is 0. The van der Waals surface area contributed by atoms with Crippen molar-refractivity contribution in [3.63, 3.8) is 0 Å². The number of aromatic nitrogens is 1. The predicted molar refractivity (Wildman–Crippen MR) is 52.6 cm³/mol. The second-order valence-corrected chi connectivity index (χ2v) is 4.14. The van der Waals surface area contributed by atoms with Gasteiger partial charge in [0.05, 0.1) is 10.0 Å². The van der Waals surface area contributed by atoms with Crippen molar-refractivity contribution in [3.05, 3.63) is 22.2 Å². The standard InChI is InChI=1S/C7H3Cl2NO3S/c8-3-1-2-4-6(5(3)9)10-7(13-4)14(11)12/h1-2,14H. The summed E-state index contributed by atoms with van der Waals surface area (Å²) in [5, 5.41) is 0.135. The van der Waals surface area contributed by atoms with Crippen LogP contribution in [0.3, 0.4) is 0 Å². The Hall–Kier alpha value is -0.780. The molecule has 0 atom stereocenters. The molecule has 0 aliphatic rings. The van der Waals surface area contributed by atoms with Crippen molar-refractivity contribution in [2.24, 2.45) is 0 Å². The van der Waals surface area contributed by atoms with Gasteiger partial charge in [-0.3, -0.25) is 0 Å². The van der Waals surface area contributed by atoms with Gasteiger partial charge in [-0.2, -0.15) is 4.98 Å². The maximum Gasteiger partial charge on any atom is 0.313 e. The molecule has 0 aliphatic heterocycles. The lowest BCUT2D eigenvalue weighted by molar-refractivity contribution is 0.467. The molecule has 0 bridgehead atoms. The van der Waals surface area contributed by atoms with Crippen LogP contribution in [0.2, 0.25) is 10.0 Å². The molecule has 4 nitrogen and oxygen atoms in total. The van der Waals surface area contributed by atoms with E-state index in [-0.39, 0.29) is 15.8 Å². The van der Waals surface area contributed by atoms with E-state index in [2.05, 4.69) is 4.98 Å². The van der Waals surface area contributed by atoms with Gasteiger partial charge in [-0.1, -0.05) is 23.2 Å². The minimum Gasteiger partial charge on any atom is -0.428 e. The normalized spacial score (nSPS) is 11.4. The fourth-order valence-electron chi connectivity index (χ4n) is 1.00. The van der Waals surface area contributed by atoms with Gasteiger partial charge in [0, 0.05) is 0 Å². The summed E-state index contributed by atoms with van der Waals surface area (Å²) in [5.74, 6) is 0. The van der Waals surface area contributed by atoms with Crippen LogP contribution in [0.4, 0.5) is 0 Å². The summed E-state index contributed by atoms with van der Waals surface area (Å²) in [6.45, 7) is 0. The molecule has 0 amide bonds. The second-order valence-electron chi connectivity index (χ2n) is 2.46. The first-order valence-corrected chi connectivity index (χ1v) is 5.42. The molecule has 1 heterocycles. The first-order chi connectivity index (χ1) is 6.59. The van der Waals surface area contributed by atoms with Crippen LogP contribution in [0.5, 0.6) is 0 Å². The minimum atomic E-state index is -2.84. The topological polar surface area (TPSA) is 60.2 Å². The van der Waals surface area contributed by atoms with Crippen LogP contribution in [-0.2, 0) is 10.7 Å². The van der Waals surface area contributed by atoms with Gasteiger partial charge in [0.2, 0.25) is 10.7 Å². The van der Waals surface area contributed by atoms with Crippen LogP contribution in [0.25, 0.3) is 11.1 Å².